The molecule has 0 amide bonds. The first kappa shape index (κ1) is 26.7. The van der Waals surface area contributed by atoms with E-state index in [0.717, 1.165) is 84.9 Å². The summed E-state index contributed by atoms with van der Waals surface area (Å²) in [6.45, 7) is 8.82. The van der Waals surface area contributed by atoms with Crippen LogP contribution < -0.4 is 14.5 Å². The van der Waals surface area contributed by atoms with Crippen LogP contribution in [0.5, 0.6) is 6.01 Å². The Hall–Kier alpha value is -3.16. The molecular weight excluding hydrogens is 534 g/mol. The summed E-state index contributed by atoms with van der Waals surface area (Å²) in [6.07, 6.45) is 6.68. The molecule has 41 heavy (non-hydrogen) atoms. The quantitative estimate of drug-likeness (QED) is 0.345. The molecule has 8 heteroatoms. The molecule has 4 heterocycles. The minimum atomic E-state index is 0.155. The average molecular weight is 572 g/mol. The lowest BCUT2D eigenvalue weighted by atomic mass is 9.60. The second-order valence-electron chi connectivity index (χ2n) is 12.2. The van der Waals surface area contributed by atoms with Crippen LogP contribution in [-0.4, -0.2) is 66.5 Å². The van der Waals surface area contributed by atoms with Gasteiger partial charge in [0, 0.05) is 48.2 Å². The van der Waals surface area contributed by atoms with Crippen molar-refractivity contribution in [3.05, 3.63) is 65.3 Å². The van der Waals surface area contributed by atoms with Gasteiger partial charge in [0.05, 0.1) is 17.3 Å². The average Bonchev–Trinajstić information content (AvgIpc) is 3.40. The smallest absolute Gasteiger partial charge is 0.318 e. The number of fused-ring (bicyclic) bond motifs is 3. The number of carbonyl (C=O) groups excluding carboxylic acids is 1. The summed E-state index contributed by atoms with van der Waals surface area (Å²) in [6, 6.07) is 13.4. The van der Waals surface area contributed by atoms with Crippen molar-refractivity contribution in [3.63, 3.8) is 0 Å². The Labute approximate surface area is 247 Å². The number of likely N-dealkylation sites (N-methyl/N-ethyl adjacent to an activating group) is 1. The molecule has 214 valence electrons. The van der Waals surface area contributed by atoms with Gasteiger partial charge in [-0.3, -0.25) is 4.79 Å². The van der Waals surface area contributed by atoms with Gasteiger partial charge in [0.2, 0.25) is 0 Å². The minimum Gasteiger partial charge on any atom is -0.462 e. The lowest BCUT2D eigenvalue weighted by molar-refractivity contribution is -0.126. The molecule has 3 fully saturated rings. The van der Waals surface area contributed by atoms with E-state index in [9.17, 15) is 4.79 Å². The van der Waals surface area contributed by atoms with Crippen molar-refractivity contribution < 1.29 is 9.53 Å². The fourth-order valence-electron chi connectivity index (χ4n) is 7.63. The van der Waals surface area contributed by atoms with Crippen LogP contribution in [0.25, 0.3) is 10.8 Å². The van der Waals surface area contributed by atoms with Crippen molar-refractivity contribution in [2.24, 2.45) is 17.8 Å². The normalized spacial score (nSPS) is 25.9. The molecule has 0 N–H and O–H groups in total. The molecule has 3 aromatic rings. The number of likely N-dealkylation sites (tertiary alicyclic amines) is 1. The van der Waals surface area contributed by atoms with Gasteiger partial charge in [-0.2, -0.15) is 9.97 Å². The summed E-state index contributed by atoms with van der Waals surface area (Å²) in [5.41, 5.74) is 3.41. The van der Waals surface area contributed by atoms with Crippen LogP contribution in [0.1, 0.15) is 36.9 Å². The highest BCUT2D eigenvalue weighted by atomic mass is 35.5. The van der Waals surface area contributed by atoms with E-state index < -0.39 is 0 Å². The molecule has 3 aliphatic heterocycles. The van der Waals surface area contributed by atoms with Crippen molar-refractivity contribution in [2.45, 2.75) is 44.7 Å². The van der Waals surface area contributed by atoms with Gasteiger partial charge in [-0.25, -0.2) is 0 Å². The number of hydrogen-bond acceptors (Lipinski definition) is 7. The zero-order chi connectivity index (χ0) is 28.1. The second-order valence-corrected chi connectivity index (χ2v) is 12.6. The molecule has 7 rings (SSSR count). The fraction of sp³-hybridized carbons (Fsp3) is 0.485. The number of ether oxygens (including phenoxy) is 1. The number of allylic oxidation sites excluding steroid dienone is 1. The molecule has 0 bridgehead atoms. The topological polar surface area (TPSA) is 61.8 Å². The van der Waals surface area contributed by atoms with E-state index in [4.69, 9.17) is 26.3 Å². The highest BCUT2D eigenvalue weighted by Crippen LogP contribution is 2.47. The summed E-state index contributed by atoms with van der Waals surface area (Å²) in [7, 11) is 2.17. The number of benzene rings is 2. The van der Waals surface area contributed by atoms with Crippen LogP contribution >= 0.6 is 11.6 Å². The number of halogens is 1. The molecule has 0 radical (unpaired) electrons. The maximum atomic E-state index is 12.3. The summed E-state index contributed by atoms with van der Waals surface area (Å²) in [4.78, 5) is 29.6. The molecule has 4 aliphatic rings. The van der Waals surface area contributed by atoms with Crippen LogP contribution in [0.3, 0.4) is 0 Å². The lowest BCUT2D eigenvalue weighted by Gasteiger charge is -2.50. The molecule has 4 atom stereocenters. The van der Waals surface area contributed by atoms with Gasteiger partial charge >= 0.3 is 6.01 Å². The molecule has 1 aliphatic carbocycles. The summed E-state index contributed by atoms with van der Waals surface area (Å²) >= 11 is 6.71. The van der Waals surface area contributed by atoms with E-state index in [1.165, 1.54) is 18.1 Å². The Kier molecular flexibility index (Phi) is 7.11. The molecule has 2 aromatic carbocycles. The van der Waals surface area contributed by atoms with Crippen LogP contribution in [-0.2, 0) is 17.8 Å². The van der Waals surface area contributed by atoms with E-state index in [-0.39, 0.29) is 11.7 Å². The van der Waals surface area contributed by atoms with Crippen LogP contribution in [0.4, 0.5) is 11.5 Å². The van der Waals surface area contributed by atoms with Crippen LogP contribution in [0, 0.1) is 17.8 Å². The SMILES string of the molecule is C=CC(=O)C1C[C@H]2CN(c3nc(OC[C@@H]4CCCN4C)nc4c3CCN(c3cccc5cccc(Cl)c35)C4)CC[C@@H]12. The highest BCUT2D eigenvalue weighted by Gasteiger charge is 2.47. The van der Waals surface area contributed by atoms with Crippen molar-refractivity contribution in [3.8, 4) is 6.01 Å². The third-order valence-electron chi connectivity index (χ3n) is 10.0. The van der Waals surface area contributed by atoms with Crippen LogP contribution in [0.2, 0.25) is 5.02 Å². The van der Waals surface area contributed by atoms with Gasteiger partial charge in [0.1, 0.15) is 12.4 Å². The monoisotopic (exact) mass is 571 g/mol. The Bertz CT molecular complexity index is 1490. The van der Waals surface area contributed by atoms with Crippen LogP contribution in [0.15, 0.2) is 49.1 Å². The number of carbonyl (C=O) groups is 1. The number of hydrogen-bond donors (Lipinski definition) is 0. The van der Waals surface area contributed by atoms with E-state index in [2.05, 4.69) is 52.6 Å². The first-order chi connectivity index (χ1) is 20.0. The molecule has 0 spiro atoms. The van der Waals surface area contributed by atoms with Crippen molar-refractivity contribution in [1.82, 2.24) is 14.9 Å². The minimum absolute atomic E-state index is 0.155. The van der Waals surface area contributed by atoms with Gasteiger partial charge in [0.15, 0.2) is 5.78 Å². The number of aromatic nitrogens is 2. The zero-order valence-corrected chi connectivity index (χ0v) is 24.5. The largest absolute Gasteiger partial charge is 0.462 e. The van der Waals surface area contributed by atoms with Crippen molar-refractivity contribution in [1.29, 1.82) is 0 Å². The number of piperidine rings is 1. The summed E-state index contributed by atoms with van der Waals surface area (Å²) in [5.74, 6) is 2.38. The predicted octanol–water partition coefficient (Wildman–Crippen LogP) is 5.54. The lowest BCUT2D eigenvalue weighted by Crippen LogP contribution is -2.52. The Morgan fingerprint density at radius 3 is 2.76 bits per heavy atom. The van der Waals surface area contributed by atoms with E-state index >= 15 is 0 Å². The molecular formula is C33H38ClN5O2. The molecule has 2 saturated heterocycles. The van der Waals surface area contributed by atoms with Gasteiger partial charge < -0.3 is 19.4 Å². The van der Waals surface area contributed by atoms with E-state index in [0.29, 0.717) is 37.0 Å². The number of rotatable bonds is 7. The predicted molar refractivity (Wildman–Crippen MR) is 164 cm³/mol. The van der Waals surface area contributed by atoms with Gasteiger partial charge in [-0.1, -0.05) is 42.4 Å². The number of nitrogens with zero attached hydrogens (tertiary/aromatic N) is 5. The third kappa shape index (κ3) is 4.87. The Morgan fingerprint density at radius 2 is 1.98 bits per heavy atom. The van der Waals surface area contributed by atoms with Gasteiger partial charge in [-0.05, 0) is 81.1 Å². The highest BCUT2D eigenvalue weighted by molar-refractivity contribution is 6.36. The van der Waals surface area contributed by atoms with E-state index in [1.807, 2.05) is 12.1 Å². The zero-order valence-electron chi connectivity index (χ0n) is 23.8. The van der Waals surface area contributed by atoms with Gasteiger partial charge in [-0.15, -0.1) is 0 Å². The fourth-order valence-corrected chi connectivity index (χ4v) is 7.90. The summed E-state index contributed by atoms with van der Waals surface area (Å²) < 4.78 is 6.33. The molecule has 7 nitrogen and oxygen atoms in total. The summed E-state index contributed by atoms with van der Waals surface area (Å²) in [5, 5.41) is 3.00. The maximum Gasteiger partial charge on any atom is 0.318 e. The molecule has 1 aromatic heterocycles. The Balaban J connectivity index is 1.19. The standard InChI is InChI=1S/C33H38ClN5O2/c1-3-30(40)26-17-22-18-39(16-12-24(22)26)32-25-13-15-38(29-11-5-8-21-7-4-10-27(34)31(21)29)19-28(25)35-33(36-32)41-20-23-9-6-14-37(23)2/h3-5,7-8,10-11,22-24,26H,1,6,9,12-20H2,2H3/t22-,23-,24+,26?/m0/s1. The first-order valence-electron chi connectivity index (χ1n) is 15.1. The van der Waals surface area contributed by atoms with E-state index in [1.54, 1.807) is 0 Å². The molecule has 1 saturated carbocycles. The Morgan fingerprint density at radius 1 is 1.12 bits per heavy atom. The second kappa shape index (κ2) is 10.9. The first-order valence-corrected chi connectivity index (χ1v) is 15.4. The number of anilines is 2. The number of ketones is 1. The van der Waals surface area contributed by atoms with Gasteiger partial charge in [0.25, 0.3) is 0 Å². The maximum absolute atomic E-state index is 12.3. The molecule has 1 unspecified atom stereocenters. The van der Waals surface area contributed by atoms with Crippen molar-refractivity contribution in [2.75, 3.05) is 49.6 Å². The van der Waals surface area contributed by atoms with Crippen molar-refractivity contribution >= 4 is 39.7 Å². The third-order valence-corrected chi connectivity index (χ3v) is 10.3.